The van der Waals surface area contributed by atoms with Crippen LogP contribution in [-0.4, -0.2) is 18.3 Å². The predicted octanol–water partition coefficient (Wildman–Crippen LogP) is 29.1. The van der Waals surface area contributed by atoms with Crippen molar-refractivity contribution in [1.82, 2.24) is 18.3 Å². The Kier molecular flexibility index (Phi) is 16.2. The third kappa shape index (κ3) is 11.6. The highest BCUT2D eigenvalue weighted by molar-refractivity contribution is 6.15. The van der Waals surface area contributed by atoms with Gasteiger partial charge in [0.15, 0.2) is 0 Å². The Balaban J connectivity index is 0.000000141. The molecule has 0 aliphatic heterocycles. The molecule has 0 bridgehead atoms. The minimum absolute atomic E-state index is 1.15. The maximum absolute atomic E-state index is 2.44. The summed E-state index contributed by atoms with van der Waals surface area (Å²) in [6.07, 6.45) is 0. The van der Waals surface area contributed by atoms with Gasteiger partial charge in [-0.2, -0.15) is 0 Å². The van der Waals surface area contributed by atoms with E-state index in [1.165, 1.54) is 182 Å². The lowest BCUT2D eigenvalue weighted by molar-refractivity contribution is 1.18. The van der Waals surface area contributed by atoms with Crippen molar-refractivity contribution < 1.29 is 0 Å². The number of fused-ring (bicyclic) bond motifs is 12. The molecule has 4 nitrogen and oxygen atoms in total. The third-order valence-corrected chi connectivity index (χ3v) is 22.7. The fraction of sp³-hybridized carbons (Fsp3) is 0. The molecule has 112 heavy (non-hydrogen) atoms. The molecule has 0 atom stereocenters. The van der Waals surface area contributed by atoms with E-state index >= 15 is 0 Å². The van der Waals surface area contributed by atoms with Crippen LogP contribution in [0.1, 0.15) is 0 Å². The molecule has 0 unspecified atom stereocenters. The fourth-order valence-corrected chi connectivity index (χ4v) is 17.3. The Hall–Kier alpha value is -14.8. The molecular formula is C108H72N4. The Morgan fingerprint density at radius 3 is 0.759 bits per heavy atom. The van der Waals surface area contributed by atoms with Gasteiger partial charge in [0.2, 0.25) is 0 Å². The topological polar surface area (TPSA) is 19.7 Å². The molecule has 4 heterocycles. The van der Waals surface area contributed by atoms with E-state index in [1.54, 1.807) is 0 Å². The van der Waals surface area contributed by atoms with Crippen molar-refractivity contribution in [2.75, 3.05) is 0 Å². The molecule has 0 amide bonds. The predicted molar refractivity (Wildman–Crippen MR) is 474 cm³/mol. The number of hydrogen-bond acceptors (Lipinski definition) is 0. The summed E-state index contributed by atoms with van der Waals surface area (Å²) >= 11 is 0. The molecule has 0 N–H and O–H groups in total. The van der Waals surface area contributed by atoms with Gasteiger partial charge in [-0.25, -0.2) is 0 Å². The van der Waals surface area contributed by atoms with E-state index in [9.17, 15) is 0 Å². The van der Waals surface area contributed by atoms with Gasteiger partial charge in [-0.15, -0.1) is 0 Å². The van der Waals surface area contributed by atoms with E-state index in [1.807, 2.05) is 0 Å². The lowest BCUT2D eigenvalue weighted by atomic mass is 9.99. The van der Waals surface area contributed by atoms with Crippen LogP contribution in [0.25, 0.3) is 199 Å². The highest BCUT2D eigenvalue weighted by Gasteiger charge is 2.21. The summed E-state index contributed by atoms with van der Waals surface area (Å²) in [6.45, 7) is 0. The molecule has 4 heteroatoms. The Labute approximate surface area is 649 Å². The van der Waals surface area contributed by atoms with E-state index in [-0.39, 0.29) is 0 Å². The summed E-state index contributed by atoms with van der Waals surface area (Å²) in [5.74, 6) is 0. The molecular weight excluding hydrogens is 1350 g/mol. The molecule has 0 spiro atoms. The van der Waals surface area contributed by atoms with Crippen LogP contribution >= 0.6 is 0 Å². The number of nitrogens with zero attached hydrogens (tertiary/aromatic N) is 4. The average molecular weight is 1430 g/mol. The quantitative estimate of drug-likeness (QED) is 0.116. The zero-order valence-electron chi connectivity index (χ0n) is 61.4. The molecule has 0 aliphatic carbocycles. The monoisotopic (exact) mass is 1420 g/mol. The summed E-state index contributed by atoms with van der Waals surface area (Å²) in [5, 5.41) is 9.99. The van der Waals surface area contributed by atoms with E-state index in [2.05, 4.69) is 455 Å². The summed E-state index contributed by atoms with van der Waals surface area (Å²) in [6, 6.07) is 159. The molecule has 18 aromatic carbocycles. The Morgan fingerprint density at radius 2 is 0.357 bits per heavy atom. The van der Waals surface area contributed by atoms with Crippen molar-refractivity contribution in [2.24, 2.45) is 0 Å². The van der Waals surface area contributed by atoms with Gasteiger partial charge in [0.05, 0.1) is 49.8 Å². The minimum Gasteiger partial charge on any atom is -0.309 e. The van der Waals surface area contributed by atoms with Gasteiger partial charge >= 0.3 is 0 Å². The van der Waals surface area contributed by atoms with Crippen LogP contribution in [-0.2, 0) is 0 Å². The number of benzene rings is 18. The third-order valence-electron chi connectivity index (χ3n) is 22.7. The minimum atomic E-state index is 1.15. The summed E-state index contributed by atoms with van der Waals surface area (Å²) in [4.78, 5) is 0. The first kappa shape index (κ1) is 65.5. The maximum Gasteiger partial charge on any atom is 0.0541 e. The molecule has 22 aromatic rings. The normalized spacial score (nSPS) is 11.6. The van der Waals surface area contributed by atoms with Crippen molar-refractivity contribution in [1.29, 1.82) is 0 Å². The van der Waals surface area contributed by atoms with Gasteiger partial charge in [-0.05, 0) is 205 Å². The van der Waals surface area contributed by atoms with Crippen molar-refractivity contribution in [3.05, 3.63) is 437 Å². The highest BCUT2D eigenvalue weighted by Crippen LogP contribution is 2.44. The van der Waals surface area contributed by atoms with Gasteiger partial charge < -0.3 is 18.3 Å². The van der Waals surface area contributed by atoms with Gasteiger partial charge in [0.25, 0.3) is 0 Å². The second-order valence-electron chi connectivity index (χ2n) is 29.1. The first-order chi connectivity index (χ1) is 55.5. The molecule has 22 rings (SSSR count). The van der Waals surface area contributed by atoms with Crippen LogP contribution in [0.4, 0.5) is 0 Å². The lowest BCUT2D eigenvalue weighted by Gasteiger charge is -2.14. The van der Waals surface area contributed by atoms with Crippen LogP contribution in [0.5, 0.6) is 0 Å². The number of hydrogen-bond donors (Lipinski definition) is 0. The van der Waals surface area contributed by atoms with Crippen LogP contribution in [0.2, 0.25) is 0 Å². The summed E-state index contributed by atoms with van der Waals surface area (Å²) < 4.78 is 9.65. The van der Waals surface area contributed by atoms with E-state index in [0.29, 0.717) is 0 Å². The highest BCUT2D eigenvalue weighted by atomic mass is 15.0. The molecule has 0 saturated heterocycles. The average Bonchev–Trinajstić information content (AvgIpc) is 1.59. The SMILES string of the molecule is c1ccc(-c2ccc(-c3ccccc3-n3c4ccccc4c4cc(-c5ccc6c(c5)c5ccccc5n6-c5cccc(-c6ccccc6)c5)ccc43)cc2)cc1.c1ccc(-c2cccc(-c3ccc(-n4c5ccccc5c5cc(-c6ccc7c(c6)c6ccccc6n7-c6cccc(-c7ccccc7)c6)ccc54)cc3)c2)cc1. The number of rotatable bonds is 12. The molecule has 0 radical (unpaired) electrons. The molecule has 4 aromatic heterocycles. The van der Waals surface area contributed by atoms with Crippen LogP contribution in [0.15, 0.2) is 437 Å². The standard InChI is InChI=1S/2C54H36N2/c1-3-14-37(15-4-1)39-26-28-40(29-27-39)45-20-7-10-23-50(45)56-52-25-12-9-22-47(52)49-36-43(31-33-54(49)56)42-30-32-53-48(35-42)46-21-8-11-24-51(46)55(53)44-19-13-18-41(34-44)38-16-5-2-6-17-38;1-3-13-37(14-4-1)40-17-11-18-41(33-40)39-25-29-45(30-26-39)55-51-23-9-7-21-47(51)49-35-43(27-31-53(49)55)44-28-32-54-50(36-44)48-22-8-10-24-52(48)56(54)46-20-12-19-42(34-46)38-15-5-2-6-16-38/h2*1-36H. The number of aromatic nitrogens is 4. The van der Waals surface area contributed by atoms with Gasteiger partial charge in [-0.3, -0.25) is 0 Å². The lowest BCUT2D eigenvalue weighted by Crippen LogP contribution is -1.97. The molecule has 0 aliphatic rings. The van der Waals surface area contributed by atoms with Gasteiger partial charge in [0.1, 0.15) is 0 Å². The first-order valence-electron chi connectivity index (χ1n) is 38.5. The van der Waals surface area contributed by atoms with Crippen molar-refractivity contribution in [3.8, 4) is 112 Å². The first-order valence-corrected chi connectivity index (χ1v) is 38.5. The zero-order valence-corrected chi connectivity index (χ0v) is 61.4. The molecule has 524 valence electrons. The van der Waals surface area contributed by atoms with E-state index in [0.717, 1.165) is 17.1 Å². The molecule has 0 fully saturated rings. The van der Waals surface area contributed by atoms with Crippen molar-refractivity contribution >= 4 is 87.2 Å². The Morgan fingerprint density at radius 1 is 0.116 bits per heavy atom. The largest absolute Gasteiger partial charge is 0.309 e. The molecule has 0 saturated carbocycles. The van der Waals surface area contributed by atoms with Gasteiger partial charge in [0, 0.05) is 65.7 Å². The van der Waals surface area contributed by atoms with Gasteiger partial charge in [-0.1, -0.05) is 315 Å². The fourth-order valence-electron chi connectivity index (χ4n) is 17.3. The van der Waals surface area contributed by atoms with Crippen LogP contribution < -0.4 is 0 Å². The second kappa shape index (κ2) is 27.7. The van der Waals surface area contributed by atoms with Crippen molar-refractivity contribution in [3.63, 3.8) is 0 Å². The van der Waals surface area contributed by atoms with Crippen molar-refractivity contribution in [2.45, 2.75) is 0 Å². The van der Waals surface area contributed by atoms with Crippen LogP contribution in [0.3, 0.4) is 0 Å². The van der Waals surface area contributed by atoms with E-state index in [4.69, 9.17) is 0 Å². The maximum atomic E-state index is 2.44. The summed E-state index contributed by atoms with van der Waals surface area (Å²) in [5.41, 5.74) is 33.6. The smallest absolute Gasteiger partial charge is 0.0541 e. The Bertz CT molecular complexity index is 7320. The summed E-state index contributed by atoms with van der Waals surface area (Å²) in [7, 11) is 0. The zero-order chi connectivity index (χ0) is 74.0. The van der Waals surface area contributed by atoms with Crippen LogP contribution in [0, 0.1) is 0 Å². The number of para-hydroxylation sites is 5. The van der Waals surface area contributed by atoms with E-state index < -0.39 is 0 Å². The second-order valence-corrected chi connectivity index (χ2v) is 29.1.